The minimum atomic E-state index is -0.391. The fraction of sp³-hybridized carbons (Fsp3) is 0.312. The van der Waals surface area contributed by atoms with Gasteiger partial charge in [0, 0.05) is 0 Å². The zero-order chi connectivity index (χ0) is 16.8. The van der Waals surface area contributed by atoms with Crippen LogP contribution in [0.15, 0.2) is 29.4 Å². The Balaban J connectivity index is 1.97. The van der Waals surface area contributed by atoms with Crippen LogP contribution < -0.4 is 10.2 Å². The lowest BCUT2D eigenvalue weighted by Crippen LogP contribution is -2.05. The maximum Gasteiger partial charge on any atom is 0.350 e. The van der Waals surface area contributed by atoms with Gasteiger partial charge < -0.3 is 9.47 Å². The Morgan fingerprint density at radius 2 is 2.04 bits per heavy atom. The predicted molar refractivity (Wildman–Crippen MR) is 91.6 cm³/mol. The fourth-order valence-electron chi connectivity index (χ4n) is 1.79. The van der Waals surface area contributed by atoms with Gasteiger partial charge in [-0.2, -0.15) is 5.10 Å². The number of hydrazone groups is 1. The Hall–Kier alpha value is -2.41. The summed E-state index contributed by atoms with van der Waals surface area (Å²) < 4.78 is 10.3. The number of ether oxygens (including phenoxy) is 2. The molecular weight excluding hydrogens is 314 g/mol. The molecule has 0 bridgehead atoms. The molecule has 7 heteroatoms. The molecule has 0 amide bonds. The summed E-state index contributed by atoms with van der Waals surface area (Å²) in [7, 11) is 1.35. The standard InChI is InChI=1S/C16H19N3O3S/c1-10(2)22-13-7-5-12(6-8-13)9-17-19-16-18-11(3)14(23-16)15(20)21-4/h5-10H,1-4H3,(H,18,19)/b17-9-. The third-order valence-electron chi connectivity index (χ3n) is 2.79. The number of nitrogens with one attached hydrogen (secondary N) is 1. The topological polar surface area (TPSA) is 72.8 Å². The van der Waals surface area contributed by atoms with Gasteiger partial charge in [-0.1, -0.05) is 11.3 Å². The number of aryl methyl sites for hydroxylation is 1. The van der Waals surface area contributed by atoms with Crippen LogP contribution in [0.25, 0.3) is 0 Å². The van der Waals surface area contributed by atoms with E-state index < -0.39 is 5.97 Å². The van der Waals surface area contributed by atoms with Crippen LogP contribution in [-0.4, -0.2) is 30.4 Å². The van der Waals surface area contributed by atoms with Crippen molar-refractivity contribution in [3.05, 3.63) is 40.4 Å². The van der Waals surface area contributed by atoms with Crippen molar-refractivity contribution in [1.82, 2.24) is 4.98 Å². The molecule has 0 saturated heterocycles. The van der Waals surface area contributed by atoms with Crippen LogP contribution in [0.1, 0.15) is 34.8 Å². The van der Waals surface area contributed by atoms with Gasteiger partial charge in [0.25, 0.3) is 0 Å². The van der Waals surface area contributed by atoms with Gasteiger partial charge in [0.1, 0.15) is 10.6 Å². The molecule has 2 aromatic rings. The highest BCUT2D eigenvalue weighted by Crippen LogP contribution is 2.23. The van der Waals surface area contributed by atoms with E-state index in [1.54, 1.807) is 13.1 Å². The number of carbonyl (C=O) groups is 1. The molecule has 0 spiro atoms. The molecule has 2 rings (SSSR count). The number of aromatic nitrogens is 1. The molecule has 0 aliphatic heterocycles. The van der Waals surface area contributed by atoms with E-state index in [0.717, 1.165) is 11.3 Å². The first kappa shape index (κ1) is 17.0. The Bertz CT molecular complexity index is 693. The molecular formula is C16H19N3O3S. The van der Waals surface area contributed by atoms with Crippen LogP contribution >= 0.6 is 11.3 Å². The van der Waals surface area contributed by atoms with Crippen LogP contribution in [-0.2, 0) is 4.74 Å². The number of benzene rings is 1. The van der Waals surface area contributed by atoms with Crippen molar-refractivity contribution in [2.45, 2.75) is 26.9 Å². The van der Waals surface area contributed by atoms with Crippen LogP contribution in [0.2, 0.25) is 0 Å². The summed E-state index contributed by atoms with van der Waals surface area (Å²) >= 11 is 1.21. The molecule has 0 fully saturated rings. The van der Waals surface area contributed by atoms with Gasteiger partial charge >= 0.3 is 5.97 Å². The highest BCUT2D eigenvalue weighted by Gasteiger charge is 2.15. The Kier molecular flexibility index (Phi) is 5.70. The van der Waals surface area contributed by atoms with Crippen molar-refractivity contribution in [3.8, 4) is 5.75 Å². The Morgan fingerprint density at radius 3 is 2.65 bits per heavy atom. The largest absolute Gasteiger partial charge is 0.491 e. The van der Waals surface area contributed by atoms with Gasteiger partial charge in [-0.15, -0.1) is 0 Å². The second kappa shape index (κ2) is 7.73. The average Bonchev–Trinajstić information content (AvgIpc) is 2.88. The summed E-state index contributed by atoms with van der Waals surface area (Å²) in [5.74, 6) is 0.432. The molecule has 0 aliphatic carbocycles. The van der Waals surface area contributed by atoms with E-state index in [9.17, 15) is 4.79 Å². The number of rotatable bonds is 6. The van der Waals surface area contributed by atoms with Crippen LogP contribution in [0.3, 0.4) is 0 Å². The zero-order valence-electron chi connectivity index (χ0n) is 13.5. The molecule has 1 heterocycles. The third-order valence-corrected chi connectivity index (χ3v) is 3.84. The molecule has 6 nitrogen and oxygen atoms in total. The first-order valence-corrected chi connectivity index (χ1v) is 7.92. The molecule has 0 atom stereocenters. The van der Waals surface area contributed by atoms with Crippen molar-refractivity contribution in [1.29, 1.82) is 0 Å². The summed E-state index contributed by atoms with van der Waals surface area (Å²) in [6, 6.07) is 7.61. The normalized spacial score (nSPS) is 11.0. The van der Waals surface area contributed by atoms with Crippen LogP contribution in [0, 0.1) is 6.92 Å². The van der Waals surface area contributed by atoms with Crippen molar-refractivity contribution >= 4 is 28.7 Å². The number of hydrogen-bond donors (Lipinski definition) is 1. The fourth-order valence-corrected chi connectivity index (χ4v) is 2.63. The SMILES string of the molecule is COC(=O)c1sc(N/N=C\c2ccc(OC(C)C)cc2)nc1C. The highest BCUT2D eigenvalue weighted by atomic mass is 32.1. The van der Waals surface area contributed by atoms with Gasteiger partial charge in [-0.05, 0) is 50.6 Å². The number of thiazole rings is 1. The van der Waals surface area contributed by atoms with Gasteiger partial charge in [0.15, 0.2) is 0 Å². The monoisotopic (exact) mass is 333 g/mol. The molecule has 0 aliphatic rings. The lowest BCUT2D eigenvalue weighted by Gasteiger charge is -2.08. The van der Waals surface area contributed by atoms with E-state index in [1.165, 1.54) is 18.4 Å². The minimum Gasteiger partial charge on any atom is -0.491 e. The Labute approximate surface area is 139 Å². The molecule has 1 aromatic heterocycles. The van der Waals surface area contributed by atoms with Gasteiger partial charge in [-0.3, -0.25) is 5.43 Å². The van der Waals surface area contributed by atoms with E-state index in [2.05, 4.69) is 15.5 Å². The number of methoxy groups -OCH3 is 1. The maximum atomic E-state index is 11.5. The molecule has 0 unspecified atom stereocenters. The Morgan fingerprint density at radius 1 is 1.35 bits per heavy atom. The lowest BCUT2D eigenvalue weighted by molar-refractivity contribution is 0.0605. The number of hydrogen-bond acceptors (Lipinski definition) is 7. The molecule has 0 radical (unpaired) electrons. The average molecular weight is 333 g/mol. The second-order valence-corrected chi connectivity index (χ2v) is 6.03. The summed E-state index contributed by atoms with van der Waals surface area (Å²) in [4.78, 5) is 16.2. The third kappa shape index (κ3) is 4.79. The van der Waals surface area contributed by atoms with E-state index in [0.29, 0.717) is 15.7 Å². The van der Waals surface area contributed by atoms with Gasteiger partial charge in [-0.25, -0.2) is 9.78 Å². The molecule has 23 heavy (non-hydrogen) atoms. The summed E-state index contributed by atoms with van der Waals surface area (Å²) in [6.45, 7) is 5.72. The van der Waals surface area contributed by atoms with E-state index in [4.69, 9.17) is 9.47 Å². The highest BCUT2D eigenvalue weighted by molar-refractivity contribution is 7.17. The zero-order valence-corrected chi connectivity index (χ0v) is 14.3. The predicted octanol–water partition coefficient (Wildman–Crippen LogP) is 3.47. The first-order chi connectivity index (χ1) is 11.0. The lowest BCUT2D eigenvalue weighted by atomic mass is 10.2. The number of nitrogens with zero attached hydrogens (tertiary/aromatic N) is 2. The first-order valence-electron chi connectivity index (χ1n) is 7.11. The van der Waals surface area contributed by atoms with E-state index >= 15 is 0 Å². The number of esters is 1. The molecule has 1 aromatic carbocycles. The van der Waals surface area contributed by atoms with Crippen LogP contribution in [0.5, 0.6) is 5.75 Å². The molecule has 0 saturated carbocycles. The molecule has 122 valence electrons. The van der Waals surface area contributed by atoms with Crippen molar-refractivity contribution in [3.63, 3.8) is 0 Å². The number of carbonyl (C=O) groups excluding carboxylic acids is 1. The summed E-state index contributed by atoms with van der Waals surface area (Å²) in [5, 5.41) is 4.66. The minimum absolute atomic E-state index is 0.147. The van der Waals surface area contributed by atoms with Crippen LogP contribution in [0.4, 0.5) is 5.13 Å². The maximum absolute atomic E-state index is 11.5. The summed E-state index contributed by atoms with van der Waals surface area (Å²) in [5.41, 5.74) is 4.36. The molecule has 1 N–H and O–H groups in total. The number of anilines is 1. The van der Waals surface area contributed by atoms with Crippen molar-refractivity contribution in [2.75, 3.05) is 12.5 Å². The van der Waals surface area contributed by atoms with Crippen molar-refractivity contribution < 1.29 is 14.3 Å². The van der Waals surface area contributed by atoms with E-state index in [1.807, 2.05) is 38.1 Å². The van der Waals surface area contributed by atoms with E-state index in [-0.39, 0.29) is 6.10 Å². The van der Waals surface area contributed by atoms with Crippen molar-refractivity contribution in [2.24, 2.45) is 5.10 Å². The summed E-state index contributed by atoms with van der Waals surface area (Å²) in [6.07, 6.45) is 1.82. The van der Waals surface area contributed by atoms with Gasteiger partial charge in [0.2, 0.25) is 5.13 Å². The van der Waals surface area contributed by atoms with Gasteiger partial charge in [0.05, 0.1) is 25.1 Å². The quantitative estimate of drug-likeness (QED) is 0.498. The second-order valence-electron chi connectivity index (χ2n) is 5.03. The smallest absolute Gasteiger partial charge is 0.350 e.